The number of furan rings is 1. The Hall–Kier alpha value is -1.81. The van der Waals surface area contributed by atoms with E-state index in [2.05, 4.69) is 24.7 Å². The smallest absolute Gasteiger partial charge is 0.269 e. The van der Waals surface area contributed by atoms with Crippen LogP contribution in [0.2, 0.25) is 0 Å². The van der Waals surface area contributed by atoms with Gasteiger partial charge in [0.15, 0.2) is 0 Å². The zero-order chi connectivity index (χ0) is 12.3. The molecule has 1 amide bonds. The Bertz CT molecular complexity index is 517. The fourth-order valence-corrected chi connectivity index (χ4v) is 1.56. The Kier molecular flexibility index (Phi) is 3.44. The number of carbonyl (C=O) groups is 1. The summed E-state index contributed by atoms with van der Waals surface area (Å²) in [7, 11) is 0. The molecule has 0 saturated heterocycles. The third kappa shape index (κ3) is 2.65. The second-order valence-electron chi connectivity index (χ2n) is 4.37. The quantitative estimate of drug-likeness (QED) is 0.795. The molecule has 0 aliphatic rings. The minimum Gasteiger partial charge on any atom is -0.463 e. The number of hydrazine groups is 1. The second-order valence-corrected chi connectivity index (χ2v) is 4.37. The molecule has 0 aliphatic heterocycles. The van der Waals surface area contributed by atoms with Crippen LogP contribution >= 0.6 is 0 Å². The van der Waals surface area contributed by atoms with Crippen molar-refractivity contribution in [2.75, 3.05) is 6.54 Å². The minimum absolute atomic E-state index is 0.171. The van der Waals surface area contributed by atoms with E-state index in [1.165, 1.54) is 6.26 Å². The van der Waals surface area contributed by atoms with Crippen LogP contribution < -0.4 is 10.9 Å². The van der Waals surface area contributed by atoms with Crippen molar-refractivity contribution in [3.63, 3.8) is 0 Å². The Morgan fingerprint density at radius 1 is 1.35 bits per heavy atom. The van der Waals surface area contributed by atoms with E-state index in [0.29, 0.717) is 11.5 Å². The maximum Gasteiger partial charge on any atom is 0.269 e. The highest BCUT2D eigenvalue weighted by atomic mass is 16.3. The lowest BCUT2D eigenvalue weighted by Crippen LogP contribution is -2.39. The van der Waals surface area contributed by atoms with Crippen LogP contribution in [0.1, 0.15) is 24.2 Å². The molecular formula is C13H16N2O2. The summed E-state index contributed by atoms with van der Waals surface area (Å²) in [5, 5.41) is 0.830. The molecule has 2 N–H and O–H groups in total. The van der Waals surface area contributed by atoms with E-state index in [1.54, 1.807) is 0 Å². The number of hydrogen-bond acceptors (Lipinski definition) is 3. The summed E-state index contributed by atoms with van der Waals surface area (Å²) in [5.41, 5.74) is 6.83. The van der Waals surface area contributed by atoms with Crippen LogP contribution in [-0.4, -0.2) is 12.5 Å². The SMILES string of the molecule is CC(C)CNNC(=O)c1coc2ccccc12. The predicted octanol–water partition coefficient (Wildman–Crippen LogP) is 2.32. The molecule has 0 spiro atoms. The van der Waals surface area contributed by atoms with Crippen molar-refractivity contribution in [2.24, 2.45) is 5.92 Å². The molecule has 0 radical (unpaired) electrons. The van der Waals surface area contributed by atoms with E-state index >= 15 is 0 Å². The van der Waals surface area contributed by atoms with Crippen molar-refractivity contribution < 1.29 is 9.21 Å². The molecule has 0 fully saturated rings. The number of rotatable bonds is 4. The first kappa shape index (κ1) is 11.7. The Balaban J connectivity index is 2.09. The third-order valence-corrected chi connectivity index (χ3v) is 2.44. The number of para-hydroxylation sites is 1. The molecule has 90 valence electrons. The average Bonchev–Trinajstić information content (AvgIpc) is 2.72. The monoisotopic (exact) mass is 232 g/mol. The average molecular weight is 232 g/mol. The van der Waals surface area contributed by atoms with Gasteiger partial charge in [0.25, 0.3) is 5.91 Å². The number of fused-ring (bicyclic) bond motifs is 1. The van der Waals surface area contributed by atoms with Crippen molar-refractivity contribution in [1.82, 2.24) is 10.9 Å². The first-order chi connectivity index (χ1) is 8.18. The summed E-state index contributed by atoms with van der Waals surface area (Å²) >= 11 is 0. The topological polar surface area (TPSA) is 54.3 Å². The molecule has 4 nitrogen and oxygen atoms in total. The second kappa shape index (κ2) is 5.01. The Morgan fingerprint density at radius 3 is 2.88 bits per heavy atom. The van der Waals surface area contributed by atoms with E-state index in [1.807, 2.05) is 24.3 Å². The molecule has 2 rings (SSSR count). The minimum atomic E-state index is -0.171. The fraction of sp³-hybridized carbons (Fsp3) is 0.308. The largest absolute Gasteiger partial charge is 0.463 e. The van der Waals surface area contributed by atoms with Crippen molar-refractivity contribution in [1.29, 1.82) is 0 Å². The fourth-order valence-electron chi connectivity index (χ4n) is 1.56. The highest BCUT2D eigenvalue weighted by molar-refractivity contribution is 6.05. The molecule has 0 unspecified atom stereocenters. The van der Waals surface area contributed by atoms with Crippen LogP contribution in [0.3, 0.4) is 0 Å². The van der Waals surface area contributed by atoms with Crippen molar-refractivity contribution >= 4 is 16.9 Å². The molecule has 0 saturated carbocycles. The standard InChI is InChI=1S/C13H16N2O2/c1-9(2)7-14-15-13(16)11-8-17-12-6-4-3-5-10(11)12/h3-6,8-9,14H,7H2,1-2H3,(H,15,16). The number of carbonyl (C=O) groups excluding carboxylic acids is 1. The summed E-state index contributed by atoms with van der Waals surface area (Å²) in [6.07, 6.45) is 1.48. The van der Waals surface area contributed by atoms with Crippen molar-refractivity contribution in [3.8, 4) is 0 Å². The van der Waals surface area contributed by atoms with E-state index in [-0.39, 0.29) is 5.91 Å². The molecule has 0 atom stereocenters. The predicted molar refractivity (Wildman–Crippen MR) is 66.5 cm³/mol. The van der Waals surface area contributed by atoms with Crippen molar-refractivity contribution in [3.05, 3.63) is 36.1 Å². The van der Waals surface area contributed by atoms with E-state index in [0.717, 1.165) is 17.5 Å². The van der Waals surface area contributed by atoms with Gasteiger partial charge in [-0.15, -0.1) is 0 Å². The normalized spacial score (nSPS) is 11.0. The van der Waals surface area contributed by atoms with E-state index in [9.17, 15) is 4.79 Å². The molecule has 0 aliphatic carbocycles. The zero-order valence-corrected chi connectivity index (χ0v) is 9.99. The number of benzene rings is 1. The van der Waals surface area contributed by atoms with Gasteiger partial charge < -0.3 is 4.42 Å². The molecular weight excluding hydrogens is 216 g/mol. The van der Waals surface area contributed by atoms with Gasteiger partial charge in [-0.3, -0.25) is 10.2 Å². The van der Waals surface area contributed by atoms with Crippen LogP contribution in [0.15, 0.2) is 34.9 Å². The van der Waals surface area contributed by atoms with Crippen LogP contribution in [0.4, 0.5) is 0 Å². The highest BCUT2D eigenvalue weighted by Gasteiger charge is 2.12. The number of nitrogens with one attached hydrogen (secondary N) is 2. The summed E-state index contributed by atoms with van der Waals surface area (Å²) in [4.78, 5) is 11.9. The molecule has 4 heteroatoms. The maximum atomic E-state index is 11.9. The molecule has 2 aromatic rings. The third-order valence-electron chi connectivity index (χ3n) is 2.44. The Morgan fingerprint density at radius 2 is 2.12 bits per heavy atom. The zero-order valence-electron chi connectivity index (χ0n) is 9.99. The van der Waals surface area contributed by atoms with Crippen LogP contribution in [0.25, 0.3) is 11.0 Å². The lowest BCUT2D eigenvalue weighted by atomic mass is 10.2. The Labute approximate surface area is 100.0 Å². The van der Waals surface area contributed by atoms with E-state index in [4.69, 9.17) is 4.42 Å². The molecule has 1 heterocycles. The number of amides is 1. The van der Waals surface area contributed by atoms with Gasteiger partial charge in [0, 0.05) is 11.9 Å². The molecule has 1 aromatic heterocycles. The number of hydrogen-bond donors (Lipinski definition) is 2. The summed E-state index contributed by atoms with van der Waals surface area (Å²) in [6, 6.07) is 7.48. The first-order valence-corrected chi connectivity index (χ1v) is 5.68. The van der Waals surface area contributed by atoms with Gasteiger partial charge in [-0.25, -0.2) is 5.43 Å². The van der Waals surface area contributed by atoms with Gasteiger partial charge in [-0.2, -0.15) is 0 Å². The van der Waals surface area contributed by atoms with Gasteiger partial charge in [0.05, 0.1) is 5.56 Å². The lowest BCUT2D eigenvalue weighted by molar-refractivity contribution is 0.0932. The van der Waals surface area contributed by atoms with Crippen LogP contribution in [-0.2, 0) is 0 Å². The molecule has 17 heavy (non-hydrogen) atoms. The first-order valence-electron chi connectivity index (χ1n) is 5.68. The van der Waals surface area contributed by atoms with Gasteiger partial charge in [-0.1, -0.05) is 32.0 Å². The van der Waals surface area contributed by atoms with E-state index < -0.39 is 0 Å². The highest BCUT2D eigenvalue weighted by Crippen LogP contribution is 2.20. The van der Waals surface area contributed by atoms with Gasteiger partial charge >= 0.3 is 0 Å². The van der Waals surface area contributed by atoms with Gasteiger partial charge in [0.2, 0.25) is 0 Å². The summed E-state index contributed by atoms with van der Waals surface area (Å²) in [5.74, 6) is 0.312. The summed E-state index contributed by atoms with van der Waals surface area (Å²) in [6.45, 7) is 4.89. The maximum absolute atomic E-state index is 11.9. The van der Waals surface area contributed by atoms with Crippen molar-refractivity contribution in [2.45, 2.75) is 13.8 Å². The summed E-state index contributed by atoms with van der Waals surface area (Å²) < 4.78 is 5.31. The van der Waals surface area contributed by atoms with Gasteiger partial charge in [0.1, 0.15) is 11.8 Å². The molecule has 1 aromatic carbocycles. The van der Waals surface area contributed by atoms with Gasteiger partial charge in [-0.05, 0) is 12.0 Å². The van der Waals surface area contributed by atoms with Crippen LogP contribution in [0.5, 0.6) is 0 Å². The van der Waals surface area contributed by atoms with Crippen LogP contribution in [0, 0.1) is 5.92 Å². The molecule has 0 bridgehead atoms. The lowest BCUT2D eigenvalue weighted by Gasteiger charge is -2.08.